The summed E-state index contributed by atoms with van der Waals surface area (Å²) in [4.78, 5) is 13.7. The van der Waals surface area contributed by atoms with E-state index < -0.39 is 0 Å². The van der Waals surface area contributed by atoms with Crippen LogP contribution in [0, 0.1) is 6.92 Å². The lowest BCUT2D eigenvalue weighted by atomic mass is 10.3. The van der Waals surface area contributed by atoms with Crippen LogP contribution in [0.1, 0.15) is 30.8 Å². The van der Waals surface area contributed by atoms with Crippen molar-refractivity contribution >= 4 is 5.91 Å². The van der Waals surface area contributed by atoms with Crippen molar-refractivity contribution in [2.45, 2.75) is 38.8 Å². The van der Waals surface area contributed by atoms with Gasteiger partial charge in [-0.2, -0.15) is 0 Å². The molecular formula is C12H18N2O2. The van der Waals surface area contributed by atoms with Gasteiger partial charge in [-0.05, 0) is 31.9 Å². The van der Waals surface area contributed by atoms with E-state index in [1.165, 1.54) is 0 Å². The minimum absolute atomic E-state index is 0.138. The van der Waals surface area contributed by atoms with E-state index in [1.807, 2.05) is 24.0 Å². The van der Waals surface area contributed by atoms with Crippen LogP contribution in [0.25, 0.3) is 0 Å². The van der Waals surface area contributed by atoms with Crippen molar-refractivity contribution in [1.82, 2.24) is 4.90 Å². The molecule has 0 atom stereocenters. The van der Waals surface area contributed by atoms with Crippen molar-refractivity contribution in [2.75, 3.05) is 6.54 Å². The molecule has 0 saturated heterocycles. The highest BCUT2D eigenvalue weighted by Crippen LogP contribution is 2.29. The molecule has 2 N–H and O–H groups in total. The Bertz CT molecular complexity index is 369. The van der Waals surface area contributed by atoms with Crippen LogP contribution in [0.3, 0.4) is 0 Å². The number of rotatable bonds is 5. The Kier molecular flexibility index (Phi) is 3.29. The summed E-state index contributed by atoms with van der Waals surface area (Å²) in [5, 5.41) is 0. The van der Waals surface area contributed by atoms with Gasteiger partial charge in [-0.25, -0.2) is 0 Å². The second-order valence-corrected chi connectivity index (χ2v) is 4.30. The zero-order valence-corrected chi connectivity index (χ0v) is 9.61. The van der Waals surface area contributed by atoms with Crippen molar-refractivity contribution in [2.24, 2.45) is 5.73 Å². The molecule has 0 unspecified atom stereocenters. The molecule has 1 aliphatic carbocycles. The number of amides is 1. The normalized spacial score (nSPS) is 15.1. The van der Waals surface area contributed by atoms with E-state index in [0.29, 0.717) is 25.6 Å². The summed E-state index contributed by atoms with van der Waals surface area (Å²) in [6, 6.07) is 4.26. The van der Waals surface area contributed by atoms with Gasteiger partial charge in [-0.15, -0.1) is 0 Å². The molecule has 0 radical (unpaired) electrons. The van der Waals surface area contributed by atoms with Gasteiger partial charge in [0.1, 0.15) is 11.5 Å². The number of hydrogen-bond acceptors (Lipinski definition) is 3. The first-order chi connectivity index (χ1) is 7.70. The molecule has 4 nitrogen and oxygen atoms in total. The fraction of sp³-hybridized carbons (Fsp3) is 0.583. The lowest BCUT2D eigenvalue weighted by molar-refractivity contribution is -0.132. The number of carbonyl (C=O) groups is 1. The van der Waals surface area contributed by atoms with E-state index in [0.717, 1.165) is 24.4 Å². The fourth-order valence-electron chi connectivity index (χ4n) is 1.81. The number of nitrogens with zero attached hydrogens (tertiary/aromatic N) is 1. The average molecular weight is 222 g/mol. The molecule has 2 rings (SSSR count). The number of furan rings is 1. The van der Waals surface area contributed by atoms with Gasteiger partial charge in [0.15, 0.2) is 0 Å². The first-order valence-electron chi connectivity index (χ1n) is 5.75. The predicted molar refractivity (Wildman–Crippen MR) is 60.7 cm³/mol. The Labute approximate surface area is 95.4 Å². The number of carbonyl (C=O) groups excluding carboxylic acids is 1. The van der Waals surface area contributed by atoms with E-state index in [4.69, 9.17) is 10.2 Å². The summed E-state index contributed by atoms with van der Waals surface area (Å²) in [6.07, 6.45) is 2.64. The lowest BCUT2D eigenvalue weighted by Gasteiger charge is -2.20. The van der Waals surface area contributed by atoms with E-state index >= 15 is 0 Å². The highest BCUT2D eigenvalue weighted by molar-refractivity contribution is 5.77. The Morgan fingerprint density at radius 3 is 2.81 bits per heavy atom. The molecule has 1 fully saturated rings. The molecule has 0 aliphatic heterocycles. The van der Waals surface area contributed by atoms with E-state index in [1.54, 1.807) is 0 Å². The molecule has 0 aromatic carbocycles. The lowest BCUT2D eigenvalue weighted by Crippen LogP contribution is -2.33. The van der Waals surface area contributed by atoms with Gasteiger partial charge in [0, 0.05) is 19.0 Å². The minimum Gasteiger partial charge on any atom is -0.464 e. The molecule has 1 aromatic rings. The van der Waals surface area contributed by atoms with Crippen LogP contribution in [0.15, 0.2) is 16.5 Å². The third kappa shape index (κ3) is 2.64. The molecule has 1 aromatic heterocycles. The van der Waals surface area contributed by atoms with Gasteiger partial charge in [0.2, 0.25) is 5.91 Å². The predicted octanol–water partition coefficient (Wildman–Crippen LogP) is 1.43. The van der Waals surface area contributed by atoms with Crippen molar-refractivity contribution in [3.05, 3.63) is 23.7 Å². The summed E-state index contributed by atoms with van der Waals surface area (Å²) in [5.74, 6) is 1.88. The third-order valence-electron chi connectivity index (χ3n) is 2.79. The van der Waals surface area contributed by atoms with Crippen LogP contribution >= 0.6 is 0 Å². The molecule has 4 heteroatoms. The van der Waals surface area contributed by atoms with Gasteiger partial charge >= 0.3 is 0 Å². The van der Waals surface area contributed by atoms with Crippen molar-refractivity contribution in [1.29, 1.82) is 0 Å². The smallest absolute Gasteiger partial charge is 0.224 e. The van der Waals surface area contributed by atoms with Crippen LogP contribution in [0.5, 0.6) is 0 Å². The first kappa shape index (κ1) is 11.2. The summed E-state index contributed by atoms with van der Waals surface area (Å²) in [7, 11) is 0. The first-order valence-corrected chi connectivity index (χ1v) is 5.75. The van der Waals surface area contributed by atoms with Crippen LogP contribution in [-0.4, -0.2) is 23.4 Å². The highest BCUT2D eigenvalue weighted by atomic mass is 16.3. The van der Waals surface area contributed by atoms with Crippen molar-refractivity contribution < 1.29 is 9.21 Å². The largest absolute Gasteiger partial charge is 0.464 e. The van der Waals surface area contributed by atoms with E-state index in [-0.39, 0.29) is 5.91 Å². The Hall–Kier alpha value is -1.29. The molecule has 88 valence electrons. The number of aryl methyl sites for hydroxylation is 1. The van der Waals surface area contributed by atoms with Crippen LogP contribution in [0.2, 0.25) is 0 Å². The molecule has 1 amide bonds. The molecular weight excluding hydrogens is 204 g/mol. The van der Waals surface area contributed by atoms with Gasteiger partial charge in [-0.1, -0.05) is 0 Å². The van der Waals surface area contributed by atoms with Gasteiger partial charge in [0.25, 0.3) is 0 Å². The molecule has 0 bridgehead atoms. The monoisotopic (exact) mass is 222 g/mol. The maximum Gasteiger partial charge on any atom is 0.224 e. The second-order valence-electron chi connectivity index (χ2n) is 4.30. The summed E-state index contributed by atoms with van der Waals surface area (Å²) >= 11 is 0. The van der Waals surface area contributed by atoms with Crippen LogP contribution < -0.4 is 5.73 Å². The molecule has 1 heterocycles. The molecule has 1 saturated carbocycles. The Morgan fingerprint density at radius 2 is 2.31 bits per heavy atom. The topological polar surface area (TPSA) is 59.5 Å². The van der Waals surface area contributed by atoms with Crippen LogP contribution in [0.4, 0.5) is 0 Å². The van der Waals surface area contributed by atoms with Crippen molar-refractivity contribution in [3.63, 3.8) is 0 Å². The quantitative estimate of drug-likeness (QED) is 0.819. The SMILES string of the molecule is Cc1ccc(CN(C(=O)CCN)C2CC2)o1. The van der Waals surface area contributed by atoms with Gasteiger partial charge in [-0.3, -0.25) is 4.79 Å². The highest BCUT2D eigenvalue weighted by Gasteiger charge is 2.32. The zero-order chi connectivity index (χ0) is 11.5. The van der Waals surface area contributed by atoms with Gasteiger partial charge in [0.05, 0.1) is 6.54 Å². The van der Waals surface area contributed by atoms with Gasteiger partial charge < -0.3 is 15.1 Å². The number of hydrogen-bond donors (Lipinski definition) is 1. The van der Waals surface area contributed by atoms with E-state index in [9.17, 15) is 4.79 Å². The van der Waals surface area contributed by atoms with Crippen LogP contribution in [-0.2, 0) is 11.3 Å². The maximum absolute atomic E-state index is 11.8. The maximum atomic E-state index is 11.8. The fourth-order valence-corrected chi connectivity index (χ4v) is 1.81. The summed E-state index contributed by atoms with van der Waals surface area (Å²) in [6.45, 7) is 2.91. The molecule has 0 spiro atoms. The summed E-state index contributed by atoms with van der Waals surface area (Å²) < 4.78 is 5.50. The number of nitrogens with two attached hydrogens (primary N) is 1. The van der Waals surface area contributed by atoms with Crippen molar-refractivity contribution in [3.8, 4) is 0 Å². The molecule has 16 heavy (non-hydrogen) atoms. The third-order valence-corrected chi connectivity index (χ3v) is 2.79. The Morgan fingerprint density at radius 1 is 1.56 bits per heavy atom. The average Bonchev–Trinajstić information content (AvgIpc) is 3.00. The second kappa shape index (κ2) is 4.70. The minimum atomic E-state index is 0.138. The van der Waals surface area contributed by atoms with E-state index in [2.05, 4.69) is 0 Å². The standard InChI is InChI=1S/C12H18N2O2/c1-9-2-5-11(16-9)8-14(10-3-4-10)12(15)6-7-13/h2,5,10H,3-4,6-8,13H2,1H3. The summed E-state index contributed by atoms with van der Waals surface area (Å²) in [5.41, 5.74) is 5.41. The zero-order valence-electron chi connectivity index (χ0n) is 9.61. The Balaban J connectivity index is 2.00. The molecule has 1 aliphatic rings.